The molecule has 6 heteroatoms. The molecule has 6 nitrogen and oxygen atoms in total. The first-order valence-electron chi connectivity index (χ1n) is 8.85. The fourth-order valence-electron chi connectivity index (χ4n) is 3.10. The number of aromatic carboxylic acids is 1. The van der Waals surface area contributed by atoms with Gasteiger partial charge in [0, 0.05) is 26.2 Å². The number of hydrogen-bond donors (Lipinski definition) is 2. The van der Waals surface area contributed by atoms with Crippen LogP contribution in [0.3, 0.4) is 0 Å². The molecule has 0 aromatic heterocycles. The number of carbonyl (C=O) groups excluding carboxylic acids is 1. The van der Waals surface area contributed by atoms with Gasteiger partial charge in [-0.3, -0.25) is 4.79 Å². The lowest BCUT2D eigenvalue weighted by molar-refractivity contribution is -0.121. The topological polar surface area (TPSA) is 84.9 Å². The van der Waals surface area contributed by atoms with E-state index in [1.54, 1.807) is 12.1 Å². The Bertz CT molecular complexity index is 581. The molecule has 2 rings (SSSR count). The molecule has 0 unspecified atom stereocenters. The number of hydrogen-bond acceptors (Lipinski definition) is 4. The highest BCUT2D eigenvalue weighted by atomic mass is 16.5. The number of nitrogens with one attached hydrogen (secondary N) is 1. The van der Waals surface area contributed by atoms with Crippen molar-refractivity contribution >= 4 is 11.9 Å². The monoisotopic (exact) mass is 349 g/mol. The van der Waals surface area contributed by atoms with Crippen LogP contribution in [0.1, 0.15) is 48.0 Å². The third-order valence-electron chi connectivity index (χ3n) is 4.61. The van der Waals surface area contributed by atoms with Gasteiger partial charge in [0.25, 0.3) is 0 Å². The Kier molecular flexibility index (Phi) is 7.73. The van der Waals surface area contributed by atoms with Gasteiger partial charge in [0.05, 0.1) is 12.7 Å². The van der Waals surface area contributed by atoms with Gasteiger partial charge in [-0.2, -0.15) is 0 Å². The molecule has 1 aromatic rings. The van der Waals surface area contributed by atoms with E-state index < -0.39 is 5.97 Å². The van der Waals surface area contributed by atoms with E-state index in [9.17, 15) is 9.59 Å². The number of benzene rings is 1. The number of carboxylic acid groups (broad SMARTS) is 1. The van der Waals surface area contributed by atoms with E-state index in [-0.39, 0.29) is 11.5 Å². The SMILES string of the molecule is COc1cc(C(=O)O)ccc1CCNC(=O)CCCC1CCOCC1. The van der Waals surface area contributed by atoms with E-state index in [0.717, 1.165) is 44.5 Å². The van der Waals surface area contributed by atoms with E-state index in [1.165, 1.54) is 13.2 Å². The van der Waals surface area contributed by atoms with Crippen LogP contribution in [0.5, 0.6) is 5.75 Å². The van der Waals surface area contributed by atoms with Gasteiger partial charge in [0.2, 0.25) is 5.91 Å². The Morgan fingerprint density at radius 3 is 2.76 bits per heavy atom. The molecule has 1 amide bonds. The van der Waals surface area contributed by atoms with E-state index in [1.807, 2.05) is 0 Å². The van der Waals surface area contributed by atoms with Crippen molar-refractivity contribution < 1.29 is 24.2 Å². The highest BCUT2D eigenvalue weighted by Gasteiger charge is 2.14. The molecule has 0 radical (unpaired) electrons. The fourth-order valence-corrected chi connectivity index (χ4v) is 3.10. The van der Waals surface area contributed by atoms with Crippen molar-refractivity contribution in [2.45, 2.75) is 38.5 Å². The maximum absolute atomic E-state index is 11.9. The summed E-state index contributed by atoms with van der Waals surface area (Å²) in [5.74, 6) is 0.308. The van der Waals surface area contributed by atoms with Crippen molar-refractivity contribution in [3.63, 3.8) is 0 Å². The molecule has 25 heavy (non-hydrogen) atoms. The van der Waals surface area contributed by atoms with Crippen LogP contribution in [0.25, 0.3) is 0 Å². The van der Waals surface area contributed by atoms with Crippen LogP contribution in [0.15, 0.2) is 18.2 Å². The second-order valence-corrected chi connectivity index (χ2v) is 6.38. The molecule has 0 atom stereocenters. The number of ether oxygens (including phenoxy) is 2. The lowest BCUT2D eigenvalue weighted by atomic mass is 9.94. The normalized spacial score (nSPS) is 14.9. The van der Waals surface area contributed by atoms with Gasteiger partial charge in [-0.05, 0) is 55.7 Å². The fraction of sp³-hybridized carbons (Fsp3) is 0.579. The molecular weight excluding hydrogens is 322 g/mol. The van der Waals surface area contributed by atoms with Crippen molar-refractivity contribution in [3.8, 4) is 5.75 Å². The molecule has 1 aliphatic rings. The maximum atomic E-state index is 11.9. The molecule has 0 aliphatic carbocycles. The number of carboxylic acids is 1. The molecule has 1 heterocycles. The van der Waals surface area contributed by atoms with E-state index in [0.29, 0.717) is 31.1 Å². The zero-order valence-electron chi connectivity index (χ0n) is 14.8. The molecule has 0 spiro atoms. The predicted octanol–water partition coefficient (Wildman–Crippen LogP) is 2.65. The molecule has 1 aliphatic heterocycles. The lowest BCUT2D eigenvalue weighted by Gasteiger charge is -2.21. The Morgan fingerprint density at radius 1 is 1.32 bits per heavy atom. The smallest absolute Gasteiger partial charge is 0.335 e. The molecular formula is C19H27NO5. The molecule has 0 saturated carbocycles. The van der Waals surface area contributed by atoms with Gasteiger partial charge in [-0.1, -0.05) is 6.07 Å². The minimum absolute atomic E-state index is 0.0631. The highest BCUT2D eigenvalue weighted by Crippen LogP contribution is 2.21. The zero-order valence-corrected chi connectivity index (χ0v) is 14.8. The van der Waals surface area contributed by atoms with Gasteiger partial charge < -0.3 is 19.9 Å². The first-order chi connectivity index (χ1) is 12.1. The summed E-state index contributed by atoms with van der Waals surface area (Å²) in [6, 6.07) is 4.79. The molecule has 2 N–H and O–H groups in total. The van der Waals surface area contributed by atoms with Crippen molar-refractivity contribution in [2.75, 3.05) is 26.9 Å². The number of methoxy groups -OCH3 is 1. The number of rotatable bonds is 9. The largest absolute Gasteiger partial charge is 0.496 e. The van der Waals surface area contributed by atoms with Gasteiger partial charge in [-0.25, -0.2) is 4.79 Å². The quantitative estimate of drug-likeness (QED) is 0.716. The summed E-state index contributed by atoms with van der Waals surface area (Å²) in [6.45, 7) is 2.21. The first kappa shape index (κ1) is 19.2. The second kappa shape index (κ2) is 10.0. The average Bonchev–Trinajstić information content (AvgIpc) is 2.62. The summed E-state index contributed by atoms with van der Waals surface area (Å²) in [6.07, 6.45) is 5.36. The van der Waals surface area contributed by atoms with Crippen molar-refractivity contribution in [3.05, 3.63) is 29.3 Å². The van der Waals surface area contributed by atoms with Crippen molar-refractivity contribution in [1.29, 1.82) is 0 Å². The van der Waals surface area contributed by atoms with Gasteiger partial charge in [-0.15, -0.1) is 0 Å². The third kappa shape index (κ3) is 6.38. The Balaban J connectivity index is 1.69. The molecule has 0 bridgehead atoms. The average molecular weight is 349 g/mol. The van der Waals surface area contributed by atoms with Crippen LogP contribution in [0.4, 0.5) is 0 Å². The highest BCUT2D eigenvalue weighted by molar-refractivity contribution is 5.88. The summed E-state index contributed by atoms with van der Waals surface area (Å²) in [5.41, 5.74) is 1.08. The lowest BCUT2D eigenvalue weighted by Crippen LogP contribution is -2.25. The first-order valence-corrected chi connectivity index (χ1v) is 8.85. The summed E-state index contributed by atoms with van der Waals surface area (Å²) in [4.78, 5) is 22.9. The van der Waals surface area contributed by atoms with Crippen molar-refractivity contribution in [1.82, 2.24) is 5.32 Å². The standard InChI is InChI=1S/C19H27NO5/c1-24-17-13-16(19(22)23)6-5-15(17)7-10-20-18(21)4-2-3-14-8-11-25-12-9-14/h5-6,13-14H,2-4,7-12H2,1H3,(H,20,21)(H,22,23). The Labute approximate surface area is 148 Å². The number of amides is 1. The molecule has 138 valence electrons. The summed E-state index contributed by atoms with van der Waals surface area (Å²) >= 11 is 0. The van der Waals surface area contributed by atoms with Gasteiger partial charge >= 0.3 is 5.97 Å². The van der Waals surface area contributed by atoms with Gasteiger partial charge in [0.15, 0.2) is 0 Å². The molecule has 1 saturated heterocycles. The minimum Gasteiger partial charge on any atom is -0.496 e. The van der Waals surface area contributed by atoms with Crippen LogP contribution in [-0.2, 0) is 16.0 Å². The van der Waals surface area contributed by atoms with Crippen LogP contribution in [0, 0.1) is 5.92 Å². The van der Waals surface area contributed by atoms with Gasteiger partial charge in [0.1, 0.15) is 5.75 Å². The summed E-state index contributed by atoms with van der Waals surface area (Å²) < 4.78 is 10.6. The summed E-state index contributed by atoms with van der Waals surface area (Å²) in [5, 5.41) is 11.9. The van der Waals surface area contributed by atoms with Crippen molar-refractivity contribution in [2.24, 2.45) is 5.92 Å². The van der Waals surface area contributed by atoms with Crippen LogP contribution >= 0.6 is 0 Å². The maximum Gasteiger partial charge on any atom is 0.335 e. The summed E-state index contributed by atoms with van der Waals surface area (Å²) in [7, 11) is 1.51. The van der Waals surface area contributed by atoms with E-state index in [2.05, 4.69) is 5.32 Å². The van der Waals surface area contributed by atoms with E-state index >= 15 is 0 Å². The van der Waals surface area contributed by atoms with Crippen LogP contribution < -0.4 is 10.1 Å². The number of carbonyl (C=O) groups is 2. The van der Waals surface area contributed by atoms with Crippen LogP contribution in [0.2, 0.25) is 0 Å². The zero-order chi connectivity index (χ0) is 18.1. The third-order valence-corrected chi connectivity index (χ3v) is 4.61. The Morgan fingerprint density at radius 2 is 2.08 bits per heavy atom. The Hall–Kier alpha value is -2.08. The predicted molar refractivity (Wildman–Crippen MR) is 94.1 cm³/mol. The van der Waals surface area contributed by atoms with E-state index in [4.69, 9.17) is 14.6 Å². The molecule has 1 fully saturated rings. The van der Waals surface area contributed by atoms with Crippen LogP contribution in [-0.4, -0.2) is 43.9 Å². The second-order valence-electron chi connectivity index (χ2n) is 6.38. The minimum atomic E-state index is -0.984. The molecule has 1 aromatic carbocycles.